The summed E-state index contributed by atoms with van der Waals surface area (Å²) in [5.74, 6) is 1.82. The molecule has 2 rings (SSSR count). The van der Waals surface area contributed by atoms with Crippen molar-refractivity contribution in [1.82, 2.24) is 4.98 Å². The largest absolute Gasteiger partial charge is 0.469 e. The van der Waals surface area contributed by atoms with Crippen LogP contribution >= 0.6 is 0 Å². The Labute approximate surface area is 108 Å². The van der Waals surface area contributed by atoms with Crippen molar-refractivity contribution in [3.05, 3.63) is 17.8 Å². The Morgan fingerprint density at radius 1 is 1.44 bits per heavy atom. The average molecular weight is 251 g/mol. The normalized spacial score (nSPS) is 24.2. The summed E-state index contributed by atoms with van der Waals surface area (Å²) in [5, 5.41) is 0. The highest BCUT2D eigenvalue weighted by molar-refractivity contribution is 5.72. The maximum absolute atomic E-state index is 11.5. The molecule has 1 fully saturated rings. The van der Waals surface area contributed by atoms with Crippen molar-refractivity contribution >= 4 is 5.97 Å². The van der Waals surface area contributed by atoms with Gasteiger partial charge in [0, 0.05) is 11.3 Å². The summed E-state index contributed by atoms with van der Waals surface area (Å²) in [6, 6.07) is 0. The number of carbonyl (C=O) groups is 1. The van der Waals surface area contributed by atoms with Crippen molar-refractivity contribution in [2.24, 2.45) is 5.92 Å². The Hall–Kier alpha value is -1.32. The highest BCUT2D eigenvalue weighted by Crippen LogP contribution is 2.39. The van der Waals surface area contributed by atoms with E-state index >= 15 is 0 Å². The summed E-state index contributed by atoms with van der Waals surface area (Å²) in [7, 11) is 1.44. The number of oxazole rings is 1. The van der Waals surface area contributed by atoms with E-state index in [2.05, 4.69) is 25.8 Å². The van der Waals surface area contributed by atoms with E-state index in [0.717, 1.165) is 30.9 Å². The van der Waals surface area contributed by atoms with Crippen LogP contribution in [0.15, 0.2) is 10.6 Å². The first-order valence-corrected chi connectivity index (χ1v) is 6.46. The molecule has 0 aliphatic heterocycles. The Bertz CT molecular complexity index is 430. The molecule has 1 aliphatic carbocycles. The molecule has 0 spiro atoms. The van der Waals surface area contributed by atoms with Crippen LogP contribution in [0.2, 0.25) is 0 Å². The van der Waals surface area contributed by atoms with E-state index in [9.17, 15) is 4.79 Å². The minimum Gasteiger partial charge on any atom is -0.469 e. The molecule has 4 heteroatoms. The van der Waals surface area contributed by atoms with Gasteiger partial charge in [0.1, 0.15) is 5.76 Å². The number of ether oxygens (including phenoxy) is 1. The summed E-state index contributed by atoms with van der Waals surface area (Å²) in [6.07, 6.45) is 4.41. The number of esters is 1. The van der Waals surface area contributed by atoms with Crippen molar-refractivity contribution in [3.8, 4) is 0 Å². The zero-order valence-corrected chi connectivity index (χ0v) is 11.5. The van der Waals surface area contributed by atoms with E-state index in [4.69, 9.17) is 9.15 Å². The molecule has 0 unspecified atom stereocenters. The fourth-order valence-electron chi connectivity index (χ4n) is 2.41. The molecule has 0 aromatic carbocycles. The van der Waals surface area contributed by atoms with Crippen molar-refractivity contribution in [1.29, 1.82) is 0 Å². The fourth-order valence-corrected chi connectivity index (χ4v) is 2.41. The van der Waals surface area contributed by atoms with E-state index < -0.39 is 0 Å². The van der Waals surface area contributed by atoms with E-state index in [1.807, 2.05) is 0 Å². The van der Waals surface area contributed by atoms with Gasteiger partial charge in [-0.2, -0.15) is 0 Å². The van der Waals surface area contributed by atoms with Gasteiger partial charge in [0.2, 0.25) is 0 Å². The van der Waals surface area contributed by atoms with Crippen molar-refractivity contribution in [3.63, 3.8) is 0 Å². The Balaban J connectivity index is 2.06. The smallest absolute Gasteiger partial charge is 0.308 e. The molecule has 0 saturated heterocycles. The number of hydrogen-bond donors (Lipinski definition) is 0. The summed E-state index contributed by atoms with van der Waals surface area (Å²) < 4.78 is 10.6. The molecule has 18 heavy (non-hydrogen) atoms. The molecule has 0 radical (unpaired) electrons. The van der Waals surface area contributed by atoms with Crippen LogP contribution in [0, 0.1) is 5.92 Å². The van der Waals surface area contributed by atoms with Crippen LogP contribution in [0.3, 0.4) is 0 Å². The van der Waals surface area contributed by atoms with Gasteiger partial charge in [-0.25, -0.2) is 4.98 Å². The first kappa shape index (κ1) is 13.1. The minimum absolute atomic E-state index is 0.00462. The van der Waals surface area contributed by atoms with E-state index in [0.29, 0.717) is 0 Å². The number of aromatic nitrogens is 1. The lowest BCUT2D eigenvalue weighted by Crippen LogP contribution is -2.12. The summed E-state index contributed by atoms with van der Waals surface area (Å²) in [4.78, 5) is 15.8. The first-order valence-electron chi connectivity index (χ1n) is 6.46. The predicted molar refractivity (Wildman–Crippen MR) is 67.3 cm³/mol. The molecule has 1 heterocycles. The lowest BCUT2D eigenvalue weighted by Gasteiger charge is -2.13. The minimum atomic E-state index is -0.111. The van der Waals surface area contributed by atoms with E-state index in [1.165, 1.54) is 7.11 Å². The molecule has 100 valence electrons. The van der Waals surface area contributed by atoms with Crippen LogP contribution in [-0.2, 0) is 14.9 Å². The van der Waals surface area contributed by atoms with Crippen molar-refractivity contribution in [2.45, 2.75) is 51.4 Å². The van der Waals surface area contributed by atoms with Crippen LogP contribution in [0.1, 0.15) is 57.6 Å². The summed E-state index contributed by atoms with van der Waals surface area (Å²) >= 11 is 0. The van der Waals surface area contributed by atoms with Gasteiger partial charge in [-0.05, 0) is 19.3 Å². The molecule has 0 bridgehead atoms. The quantitative estimate of drug-likeness (QED) is 0.758. The zero-order chi connectivity index (χ0) is 13.3. The van der Waals surface area contributed by atoms with Gasteiger partial charge in [0.15, 0.2) is 5.89 Å². The standard InChI is InChI=1S/C14H21NO3/c1-14(2,3)11-8-15-12(18-11)9-5-6-10(7-9)13(16)17-4/h8-10H,5-7H2,1-4H3/t9-,10+/m1/s1. The number of rotatable bonds is 2. The first-order chi connectivity index (χ1) is 8.41. The molecule has 2 atom stereocenters. The van der Waals surface area contributed by atoms with Crippen LogP contribution < -0.4 is 0 Å². The maximum atomic E-state index is 11.5. The molecule has 1 saturated carbocycles. The van der Waals surface area contributed by atoms with Gasteiger partial charge in [0.05, 0.1) is 19.2 Å². The van der Waals surface area contributed by atoms with Crippen LogP contribution in [-0.4, -0.2) is 18.1 Å². The fraction of sp³-hybridized carbons (Fsp3) is 0.714. The third-order valence-corrected chi connectivity index (χ3v) is 3.58. The highest BCUT2D eigenvalue weighted by atomic mass is 16.5. The third kappa shape index (κ3) is 2.57. The Kier molecular flexibility index (Phi) is 3.46. The van der Waals surface area contributed by atoms with Gasteiger partial charge in [-0.3, -0.25) is 4.79 Å². The van der Waals surface area contributed by atoms with E-state index in [-0.39, 0.29) is 23.2 Å². The van der Waals surface area contributed by atoms with Crippen LogP contribution in [0.5, 0.6) is 0 Å². The lowest BCUT2D eigenvalue weighted by molar-refractivity contribution is -0.145. The monoisotopic (exact) mass is 251 g/mol. The predicted octanol–water partition coefficient (Wildman–Crippen LogP) is 3.03. The second-order valence-electron chi connectivity index (χ2n) is 6.04. The Morgan fingerprint density at radius 2 is 2.17 bits per heavy atom. The molecule has 0 amide bonds. The zero-order valence-electron chi connectivity index (χ0n) is 11.5. The average Bonchev–Trinajstić information content (AvgIpc) is 2.94. The number of carbonyl (C=O) groups excluding carboxylic acids is 1. The van der Waals surface area contributed by atoms with Crippen molar-refractivity contribution < 1.29 is 13.9 Å². The number of methoxy groups -OCH3 is 1. The molecule has 1 aromatic heterocycles. The van der Waals surface area contributed by atoms with Gasteiger partial charge in [-0.1, -0.05) is 20.8 Å². The molecule has 4 nitrogen and oxygen atoms in total. The Morgan fingerprint density at radius 3 is 2.72 bits per heavy atom. The van der Waals surface area contributed by atoms with Gasteiger partial charge < -0.3 is 9.15 Å². The third-order valence-electron chi connectivity index (χ3n) is 3.58. The maximum Gasteiger partial charge on any atom is 0.308 e. The molecular formula is C14H21NO3. The van der Waals surface area contributed by atoms with Crippen LogP contribution in [0.4, 0.5) is 0 Å². The SMILES string of the molecule is COC(=O)[C@H]1CC[C@@H](c2ncc(C(C)(C)C)o2)C1. The molecule has 0 N–H and O–H groups in total. The van der Waals surface area contributed by atoms with Gasteiger partial charge in [-0.15, -0.1) is 0 Å². The lowest BCUT2D eigenvalue weighted by atomic mass is 9.94. The van der Waals surface area contributed by atoms with Gasteiger partial charge in [0.25, 0.3) is 0 Å². The summed E-state index contributed by atoms with van der Waals surface area (Å²) in [6.45, 7) is 6.30. The highest BCUT2D eigenvalue weighted by Gasteiger charge is 2.34. The topological polar surface area (TPSA) is 52.3 Å². The van der Waals surface area contributed by atoms with Crippen LogP contribution in [0.25, 0.3) is 0 Å². The molecule has 1 aliphatic rings. The number of hydrogen-bond acceptors (Lipinski definition) is 4. The van der Waals surface area contributed by atoms with Crippen molar-refractivity contribution in [2.75, 3.05) is 7.11 Å². The molecule has 1 aromatic rings. The van der Waals surface area contributed by atoms with E-state index in [1.54, 1.807) is 6.20 Å². The summed E-state index contributed by atoms with van der Waals surface area (Å²) in [5.41, 5.74) is -0.0222. The molecular weight excluding hydrogens is 230 g/mol. The second kappa shape index (κ2) is 4.75. The van der Waals surface area contributed by atoms with Gasteiger partial charge >= 0.3 is 5.97 Å². The second-order valence-corrected chi connectivity index (χ2v) is 6.04. The number of nitrogens with zero attached hydrogens (tertiary/aromatic N) is 1.